The number of nitrogens with two attached hydrogens (primary N) is 1. The summed E-state index contributed by atoms with van der Waals surface area (Å²) < 4.78 is 30.5. The van der Waals surface area contributed by atoms with Gasteiger partial charge in [-0.15, -0.1) is 5.10 Å². The summed E-state index contributed by atoms with van der Waals surface area (Å²) in [6.07, 6.45) is 3.27. The van der Waals surface area contributed by atoms with E-state index in [1.165, 1.54) is 16.6 Å². The lowest BCUT2D eigenvalue weighted by atomic mass is 10.2. The van der Waals surface area contributed by atoms with E-state index in [-0.39, 0.29) is 5.95 Å². The highest BCUT2D eigenvalue weighted by Crippen LogP contribution is 2.22. The van der Waals surface area contributed by atoms with E-state index in [4.69, 9.17) is 5.73 Å². The summed E-state index contributed by atoms with van der Waals surface area (Å²) in [5.41, 5.74) is 7.74. The lowest BCUT2D eigenvalue weighted by Crippen LogP contribution is -2.47. The van der Waals surface area contributed by atoms with Crippen molar-refractivity contribution in [2.24, 2.45) is 0 Å². The maximum absolute atomic E-state index is 14.0. The molecule has 160 valence electrons. The lowest BCUT2D eigenvalue weighted by Gasteiger charge is -2.36. The summed E-state index contributed by atoms with van der Waals surface area (Å²) in [6, 6.07) is 3.71. The molecule has 11 heteroatoms. The first-order valence-corrected chi connectivity index (χ1v) is 9.96. The van der Waals surface area contributed by atoms with Crippen LogP contribution < -0.4 is 10.6 Å². The second-order valence-electron chi connectivity index (χ2n) is 7.41. The second kappa shape index (κ2) is 7.58. The SMILES string of the molecule is C=Cc1nc2c3cnn(CCN4CCN(c5ccc(F)cc5F)CC4)c3nc(N)n2n1. The lowest BCUT2D eigenvalue weighted by molar-refractivity contribution is 0.245. The zero-order valence-electron chi connectivity index (χ0n) is 16.7. The minimum Gasteiger partial charge on any atom is -0.368 e. The molecular formula is C20H21F2N9. The molecule has 4 aromatic rings. The third-order valence-electron chi connectivity index (χ3n) is 5.55. The van der Waals surface area contributed by atoms with Gasteiger partial charge in [0, 0.05) is 38.8 Å². The van der Waals surface area contributed by atoms with E-state index in [1.54, 1.807) is 17.0 Å². The van der Waals surface area contributed by atoms with Gasteiger partial charge < -0.3 is 10.6 Å². The van der Waals surface area contributed by atoms with Crippen LogP contribution in [0.3, 0.4) is 0 Å². The molecular weight excluding hydrogens is 404 g/mol. The highest BCUT2D eigenvalue weighted by molar-refractivity contribution is 5.90. The van der Waals surface area contributed by atoms with Crippen LogP contribution in [0.2, 0.25) is 0 Å². The number of aromatic nitrogens is 6. The third kappa shape index (κ3) is 3.46. The molecule has 0 radical (unpaired) electrons. The van der Waals surface area contributed by atoms with Crippen LogP contribution in [0.25, 0.3) is 22.8 Å². The van der Waals surface area contributed by atoms with Crippen molar-refractivity contribution in [3.63, 3.8) is 0 Å². The van der Waals surface area contributed by atoms with E-state index >= 15 is 0 Å². The molecule has 1 aliphatic rings. The highest BCUT2D eigenvalue weighted by atomic mass is 19.1. The van der Waals surface area contributed by atoms with Crippen LogP contribution in [0.5, 0.6) is 0 Å². The molecule has 0 bridgehead atoms. The molecule has 0 spiro atoms. The van der Waals surface area contributed by atoms with E-state index in [9.17, 15) is 8.78 Å². The number of fused-ring (bicyclic) bond motifs is 3. The van der Waals surface area contributed by atoms with Crippen molar-refractivity contribution in [2.45, 2.75) is 6.54 Å². The molecule has 4 heterocycles. The summed E-state index contributed by atoms with van der Waals surface area (Å²) in [6.45, 7) is 7.93. The first kappa shape index (κ1) is 19.4. The zero-order valence-corrected chi connectivity index (χ0v) is 16.7. The fourth-order valence-electron chi connectivity index (χ4n) is 3.91. The Hall–Kier alpha value is -3.60. The van der Waals surface area contributed by atoms with Crippen molar-refractivity contribution >= 4 is 34.4 Å². The molecule has 5 rings (SSSR count). The molecule has 1 aliphatic heterocycles. The number of benzene rings is 1. The maximum atomic E-state index is 14.0. The van der Waals surface area contributed by atoms with Crippen LogP contribution in [0, 0.1) is 11.6 Å². The van der Waals surface area contributed by atoms with Gasteiger partial charge in [0.2, 0.25) is 5.95 Å². The number of nitrogen functional groups attached to an aromatic ring is 1. The van der Waals surface area contributed by atoms with Gasteiger partial charge in [-0.3, -0.25) is 4.90 Å². The van der Waals surface area contributed by atoms with E-state index in [0.717, 1.165) is 31.1 Å². The van der Waals surface area contributed by atoms with Gasteiger partial charge in [-0.25, -0.2) is 18.4 Å². The summed E-state index contributed by atoms with van der Waals surface area (Å²) >= 11 is 0. The number of hydrogen-bond donors (Lipinski definition) is 1. The van der Waals surface area contributed by atoms with Crippen molar-refractivity contribution in [1.82, 2.24) is 34.3 Å². The van der Waals surface area contributed by atoms with Gasteiger partial charge in [0.1, 0.15) is 11.6 Å². The van der Waals surface area contributed by atoms with Crippen molar-refractivity contribution in [3.05, 3.63) is 48.4 Å². The van der Waals surface area contributed by atoms with Gasteiger partial charge in [-0.2, -0.15) is 14.6 Å². The number of anilines is 2. The topological polar surface area (TPSA) is 93.4 Å². The number of piperazine rings is 1. The average Bonchev–Trinajstić information content (AvgIpc) is 3.37. The smallest absolute Gasteiger partial charge is 0.225 e. The van der Waals surface area contributed by atoms with Gasteiger partial charge in [-0.1, -0.05) is 6.58 Å². The Kier molecular flexibility index (Phi) is 4.74. The van der Waals surface area contributed by atoms with E-state index in [2.05, 4.69) is 31.6 Å². The Labute approximate surface area is 176 Å². The van der Waals surface area contributed by atoms with E-state index < -0.39 is 11.6 Å². The largest absolute Gasteiger partial charge is 0.368 e. The number of rotatable bonds is 5. The van der Waals surface area contributed by atoms with Crippen molar-refractivity contribution in [2.75, 3.05) is 43.4 Å². The monoisotopic (exact) mass is 425 g/mol. The molecule has 0 atom stereocenters. The van der Waals surface area contributed by atoms with Crippen molar-refractivity contribution < 1.29 is 8.78 Å². The molecule has 2 N–H and O–H groups in total. The first-order valence-electron chi connectivity index (χ1n) is 9.96. The second-order valence-corrected chi connectivity index (χ2v) is 7.41. The van der Waals surface area contributed by atoms with Crippen LogP contribution in [0.4, 0.5) is 20.4 Å². The predicted octanol–water partition coefficient (Wildman–Crippen LogP) is 1.80. The molecule has 0 saturated carbocycles. The molecule has 0 unspecified atom stereocenters. The van der Waals surface area contributed by atoms with Crippen molar-refractivity contribution in [3.8, 4) is 0 Å². The van der Waals surface area contributed by atoms with Crippen LogP contribution in [0.15, 0.2) is 31.0 Å². The summed E-state index contributed by atoms with van der Waals surface area (Å²) in [4.78, 5) is 13.1. The standard InChI is InChI=1S/C20H21F2N9/c1-2-17-25-19-14-12-24-30(18(14)26-20(23)31(19)27-17)10-7-28-5-8-29(9-6-28)16-4-3-13(21)11-15(16)22/h2-4,11-12H,1,5-10H2,(H2,23,26). The van der Waals surface area contributed by atoms with Gasteiger partial charge in [0.25, 0.3) is 0 Å². The Bertz CT molecular complexity index is 1270. The fourth-order valence-corrected chi connectivity index (χ4v) is 3.91. The van der Waals surface area contributed by atoms with Crippen LogP contribution in [-0.2, 0) is 6.54 Å². The fraction of sp³-hybridized carbons (Fsp3) is 0.300. The van der Waals surface area contributed by atoms with E-state index in [0.29, 0.717) is 42.4 Å². The van der Waals surface area contributed by atoms with E-state index in [1.807, 2.05) is 4.90 Å². The van der Waals surface area contributed by atoms with Crippen molar-refractivity contribution in [1.29, 1.82) is 0 Å². The quantitative estimate of drug-likeness (QED) is 0.521. The third-order valence-corrected chi connectivity index (χ3v) is 5.55. The average molecular weight is 425 g/mol. The summed E-state index contributed by atoms with van der Waals surface area (Å²) in [5, 5.41) is 9.48. The van der Waals surface area contributed by atoms with Crippen LogP contribution in [-0.4, -0.2) is 67.0 Å². The molecule has 9 nitrogen and oxygen atoms in total. The van der Waals surface area contributed by atoms with Gasteiger partial charge in [0.15, 0.2) is 17.1 Å². The molecule has 1 fully saturated rings. The maximum Gasteiger partial charge on any atom is 0.225 e. The Balaban J connectivity index is 1.27. The Morgan fingerprint density at radius 2 is 1.87 bits per heavy atom. The van der Waals surface area contributed by atoms with Gasteiger partial charge in [0.05, 0.1) is 23.8 Å². The molecule has 3 aromatic heterocycles. The minimum atomic E-state index is -0.565. The molecule has 1 saturated heterocycles. The Morgan fingerprint density at radius 3 is 2.61 bits per heavy atom. The highest BCUT2D eigenvalue weighted by Gasteiger charge is 2.20. The number of nitrogens with zero attached hydrogens (tertiary/aromatic N) is 8. The van der Waals surface area contributed by atoms with Gasteiger partial charge >= 0.3 is 0 Å². The van der Waals surface area contributed by atoms with Gasteiger partial charge in [-0.05, 0) is 18.2 Å². The molecule has 0 aliphatic carbocycles. The normalized spacial score (nSPS) is 15.2. The van der Waals surface area contributed by atoms with Crippen LogP contribution in [0.1, 0.15) is 5.82 Å². The molecule has 0 amide bonds. The summed E-state index contributed by atoms with van der Waals surface area (Å²) in [7, 11) is 0. The summed E-state index contributed by atoms with van der Waals surface area (Å²) in [5.74, 6) is -0.381. The van der Waals surface area contributed by atoms with Crippen LogP contribution >= 0.6 is 0 Å². The zero-order chi connectivity index (χ0) is 21.5. The minimum absolute atomic E-state index is 0.236. The first-order chi connectivity index (χ1) is 15.0. The Morgan fingerprint density at radius 1 is 1.06 bits per heavy atom. The predicted molar refractivity (Wildman–Crippen MR) is 114 cm³/mol. The molecule has 1 aromatic carbocycles. The number of hydrogen-bond acceptors (Lipinski definition) is 7. The molecule has 31 heavy (non-hydrogen) atoms. The number of halogens is 2.